The Kier molecular flexibility index (Phi) is 5.16. The first kappa shape index (κ1) is 21.0. The molecule has 2 unspecified atom stereocenters. The molecule has 5 rings (SSSR count). The van der Waals surface area contributed by atoms with Crippen LogP contribution in [0.5, 0.6) is 0 Å². The third-order valence-corrected chi connectivity index (χ3v) is 9.95. The van der Waals surface area contributed by atoms with E-state index < -0.39 is 0 Å². The van der Waals surface area contributed by atoms with Gasteiger partial charge in [-0.25, -0.2) is 0 Å². The monoisotopic (exact) mass is 437 g/mol. The molecule has 1 amide bonds. The van der Waals surface area contributed by atoms with Crippen LogP contribution in [-0.2, 0) is 4.79 Å². The summed E-state index contributed by atoms with van der Waals surface area (Å²) >= 11 is 1.79. The molecule has 1 N–H and O–H groups in total. The number of nitrogens with one attached hydrogen (secondary N) is 1. The second-order valence-electron chi connectivity index (χ2n) is 10.6. The van der Waals surface area contributed by atoms with E-state index in [1.807, 2.05) is 0 Å². The number of nitrogens with zero attached hydrogens (tertiary/aromatic N) is 2. The number of rotatable bonds is 6. The lowest BCUT2D eigenvalue weighted by atomic mass is 9.69. The first-order valence-electron chi connectivity index (χ1n) is 12.0. The molecule has 0 radical (unpaired) electrons. The first-order chi connectivity index (χ1) is 14.8. The number of carbonyl (C=O) groups is 1. The SMILES string of the molecule is CCCCN1N=C(C(=O)NC2C[C@H]3CC[C@]2(C)C3(C)C)CC1c1csc2ccccc12. The van der Waals surface area contributed by atoms with E-state index in [2.05, 4.69) is 67.7 Å². The van der Waals surface area contributed by atoms with Gasteiger partial charge in [-0.3, -0.25) is 9.80 Å². The molecule has 0 spiro atoms. The number of hydrogen-bond donors (Lipinski definition) is 1. The average Bonchev–Trinajstić information content (AvgIpc) is 3.46. The van der Waals surface area contributed by atoms with E-state index in [1.165, 1.54) is 28.5 Å². The van der Waals surface area contributed by atoms with Crippen LogP contribution in [0.3, 0.4) is 0 Å². The molecule has 5 heteroatoms. The van der Waals surface area contributed by atoms with Crippen molar-refractivity contribution in [1.82, 2.24) is 10.3 Å². The van der Waals surface area contributed by atoms with Crippen molar-refractivity contribution in [3.63, 3.8) is 0 Å². The van der Waals surface area contributed by atoms with Gasteiger partial charge in [0.25, 0.3) is 5.91 Å². The van der Waals surface area contributed by atoms with Gasteiger partial charge in [-0.05, 0) is 64.8 Å². The molecule has 2 aliphatic carbocycles. The number of carbonyl (C=O) groups excluding carboxylic acids is 1. The molecular formula is C26H35N3OS. The lowest BCUT2D eigenvalue weighted by Gasteiger charge is -2.39. The Labute approximate surface area is 190 Å². The quantitative estimate of drug-likeness (QED) is 0.590. The number of unbranched alkanes of at least 4 members (excludes halogenated alkanes) is 1. The predicted molar refractivity (Wildman–Crippen MR) is 129 cm³/mol. The Morgan fingerprint density at radius 1 is 1.29 bits per heavy atom. The average molecular weight is 438 g/mol. The van der Waals surface area contributed by atoms with Crippen molar-refractivity contribution >= 4 is 33.0 Å². The fourth-order valence-corrected chi connectivity index (χ4v) is 7.42. The van der Waals surface area contributed by atoms with Gasteiger partial charge in [0, 0.05) is 23.7 Å². The van der Waals surface area contributed by atoms with Crippen molar-refractivity contribution in [2.75, 3.05) is 6.54 Å². The topological polar surface area (TPSA) is 44.7 Å². The molecule has 1 aromatic carbocycles. The summed E-state index contributed by atoms with van der Waals surface area (Å²) in [4.78, 5) is 13.4. The zero-order chi connectivity index (χ0) is 21.8. The van der Waals surface area contributed by atoms with E-state index >= 15 is 0 Å². The van der Waals surface area contributed by atoms with E-state index in [0.29, 0.717) is 17.5 Å². The Morgan fingerprint density at radius 2 is 2.10 bits per heavy atom. The molecule has 1 aromatic heterocycles. The molecule has 2 saturated carbocycles. The minimum atomic E-state index is 0.0538. The highest BCUT2D eigenvalue weighted by atomic mass is 32.1. The lowest BCUT2D eigenvalue weighted by molar-refractivity contribution is -0.116. The molecule has 31 heavy (non-hydrogen) atoms. The Bertz CT molecular complexity index is 1020. The highest BCUT2D eigenvalue weighted by molar-refractivity contribution is 7.17. The summed E-state index contributed by atoms with van der Waals surface area (Å²) in [6.45, 7) is 10.3. The van der Waals surface area contributed by atoms with Gasteiger partial charge in [0.2, 0.25) is 0 Å². The molecule has 2 aromatic rings. The van der Waals surface area contributed by atoms with Crippen molar-refractivity contribution in [2.24, 2.45) is 21.8 Å². The van der Waals surface area contributed by atoms with Gasteiger partial charge in [-0.1, -0.05) is 52.3 Å². The molecule has 166 valence electrons. The summed E-state index contributed by atoms with van der Waals surface area (Å²) in [6, 6.07) is 9.02. The van der Waals surface area contributed by atoms with E-state index in [9.17, 15) is 4.79 Å². The van der Waals surface area contributed by atoms with E-state index in [4.69, 9.17) is 5.10 Å². The van der Waals surface area contributed by atoms with Crippen molar-refractivity contribution in [1.29, 1.82) is 0 Å². The minimum Gasteiger partial charge on any atom is -0.348 e. The van der Waals surface area contributed by atoms with Crippen LogP contribution in [-0.4, -0.2) is 29.2 Å². The Balaban J connectivity index is 1.36. The van der Waals surface area contributed by atoms with Gasteiger partial charge >= 0.3 is 0 Å². The first-order valence-corrected chi connectivity index (χ1v) is 12.8. The van der Waals surface area contributed by atoms with Crippen LogP contribution in [0, 0.1) is 16.7 Å². The zero-order valence-corrected chi connectivity index (χ0v) is 20.1. The summed E-state index contributed by atoms with van der Waals surface area (Å²) in [5.41, 5.74) is 2.52. The summed E-state index contributed by atoms with van der Waals surface area (Å²) in [5, 5.41) is 14.1. The third-order valence-electron chi connectivity index (χ3n) is 8.97. The van der Waals surface area contributed by atoms with E-state index in [0.717, 1.165) is 31.7 Å². The third kappa shape index (κ3) is 3.23. The number of hydrogen-bond acceptors (Lipinski definition) is 4. The molecule has 0 saturated heterocycles. The van der Waals surface area contributed by atoms with E-state index in [1.54, 1.807) is 11.3 Å². The van der Waals surface area contributed by atoms with Crippen LogP contribution in [0.1, 0.15) is 77.8 Å². The molecule has 4 atom stereocenters. The number of fused-ring (bicyclic) bond motifs is 3. The van der Waals surface area contributed by atoms with Crippen molar-refractivity contribution in [2.45, 2.75) is 78.3 Å². The smallest absolute Gasteiger partial charge is 0.267 e. The van der Waals surface area contributed by atoms with Crippen molar-refractivity contribution in [3.8, 4) is 0 Å². The second kappa shape index (κ2) is 7.61. The fourth-order valence-electron chi connectivity index (χ4n) is 6.41. The maximum absolute atomic E-state index is 13.4. The Hall–Kier alpha value is -1.88. The standard InChI is InChI=1S/C26H35N3OS/c1-5-6-13-29-21(19-16-31-22-10-8-7-9-18(19)22)15-20(28-29)24(30)27-23-14-17-11-12-26(23,4)25(17,2)3/h7-10,16-17,21,23H,5-6,11-15H2,1-4H3,(H,27,30)/t17-,21?,23?,26+/m1/s1. The zero-order valence-electron chi connectivity index (χ0n) is 19.3. The lowest BCUT2D eigenvalue weighted by Crippen LogP contribution is -2.48. The Morgan fingerprint density at radius 3 is 2.81 bits per heavy atom. The number of hydrazone groups is 1. The summed E-state index contributed by atoms with van der Waals surface area (Å²) in [5.74, 6) is 0.775. The van der Waals surface area contributed by atoms with Gasteiger partial charge in [0.1, 0.15) is 5.71 Å². The number of amides is 1. The normalized spacial score (nSPS) is 31.4. The second-order valence-corrected chi connectivity index (χ2v) is 11.5. The number of thiophene rings is 1. The molecule has 1 aliphatic heterocycles. The van der Waals surface area contributed by atoms with E-state index in [-0.39, 0.29) is 23.4 Å². The van der Waals surface area contributed by atoms with Gasteiger partial charge < -0.3 is 5.32 Å². The van der Waals surface area contributed by atoms with Crippen molar-refractivity contribution in [3.05, 3.63) is 35.2 Å². The molecule has 2 bridgehead atoms. The highest BCUT2D eigenvalue weighted by Gasteiger charge is 2.61. The van der Waals surface area contributed by atoms with Crippen LogP contribution in [0.2, 0.25) is 0 Å². The van der Waals surface area contributed by atoms with Crippen molar-refractivity contribution < 1.29 is 4.79 Å². The van der Waals surface area contributed by atoms with Crippen LogP contribution in [0.15, 0.2) is 34.7 Å². The summed E-state index contributed by atoms with van der Waals surface area (Å²) in [7, 11) is 0. The van der Waals surface area contributed by atoms with Crippen LogP contribution in [0.4, 0.5) is 0 Å². The fraction of sp³-hybridized carbons (Fsp3) is 0.615. The molecule has 2 fully saturated rings. The van der Waals surface area contributed by atoms with Gasteiger partial charge in [0.05, 0.1) is 6.04 Å². The molecular weight excluding hydrogens is 402 g/mol. The van der Waals surface area contributed by atoms with Gasteiger partial charge in [-0.2, -0.15) is 5.10 Å². The maximum atomic E-state index is 13.4. The van der Waals surface area contributed by atoms with Gasteiger partial charge in [-0.15, -0.1) is 11.3 Å². The van der Waals surface area contributed by atoms with Crippen LogP contribution >= 0.6 is 11.3 Å². The molecule has 4 nitrogen and oxygen atoms in total. The summed E-state index contributed by atoms with van der Waals surface area (Å²) < 4.78 is 1.31. The van der Waals surface area contributed by atoms with Crippen LogP contribution in [0.25, 0.3) is 10.1 Å². The minimum absolute atomic E-state index is 0.0538. The van der Waals surface area contributed by atoms with Gasteiger partial charge in [0.15, 0.2) is 0 Å². The largest absolute Gasteiger partial charge is 0.348 e. The highest BCUT2D eigenvalue weighted by Crippen LogP contribution is 2.65. The molecule has 2 heterocycles. The molecule has 3 aliphatic rings. The number of benzene rings is 1. The maximum Gasteiger partial charge on any atom is 0.267 e. The van der Waals surface area contributed by atoms with Crippen LogP contribution < -0.4 is 5.32 Å². The predicted octanol–water partition coefficient (Wildman–Crippen LogP) is 6.14. The summed E-state index contributed by atoms with van der Waals surface area (Å²) in [6.07, 6.45) is 6.55.